The number of aromatic nitrogens is 4. The summed E-state index contributed by atoms with van der Waals surface area (Å²) in [5, 5.41) is 25.7. The van der Waals surface area contributed by atoms with Gasteiger partial charge >= 0.3 is 0 Å². The van der Waals surface area contributed by atoms with Crippen molar-refractivity contribution < 1.29 is 28.5 Å². The molecule has 2 aromatic heterocycles. The number of nitrogens with zero attached hydrogens (tertiary/aromatic N) is 4. The lowest BCUT2D eigenvalue weighted by molar-refractivity contribution is 0.268. The molecule has 0 aliphatic heterocycles. The van der Waals surface area contributed by atoms with Gasteiger partial charge in [0.1, 0.15) is 6.61 Å². The van der Waals surface area contributed by atoms with E-state index in [4.69, 9.17) is 14.6 Å². The normalized spacial score (nSPS) is 10.8. The molecule has 0 bridgehead atoms. The highest BCUT2D eigenvalue weighted by Gasteiger charge is 2.19. The monoisotopic (exact) mass is 407 g/mol. The van der Waals surface area contributed by atoms with Crippen LogP contribution in [0.5, 0.6) is 17.2 Å². The molecule has 0 aliphatic carbocycles. The largest absolute Gasteiger partial charge is 0.505 e. The standard InChI is InChI=1S/C18H19F2N5O4/c1-10-5-15(24-25(10)3-4-26)23-18-21-7-11(8-22-18)29-9-12-16(19)13(27)6-14(28-2)17(12)20/h5-8,26-27H,3-4,9H2,1-2H3,(H,21,22,23,24). The van der Waals surface area contributed by atoms with Gasteiger partial charge in [0, 0.05) is 17.8 Å². The first kappa shape index (κ1) is 20.3. The van der Waals surface area contributed by atoms with E-state index in [9.17, 15) is 13.9 Å². The molecule has 0 unspecified atom stereocenters. The lowest BCUT2D eigenvalue weighted by atomic mass is 10.2. The summed E-state index contributed by atoms with van der Waals surface area (Å²) < 4.78 is 39.9. The third kappa shape index (κ3) is 4.51. The van der Waals surface area contributed by atoms with Gasteiger partial charge in [-0.05, 0) is 6.92 Å². The minimum absolute atomic E-state index is 0.0310. The van der Waals surface area contributed by atoms with Crippen molar-refractivity contribution in [2.24, 2.45) is 0 Å². The Morgan fingerprint density at radius 1 is 1.17 bits per heavy atom. The van der Waals surface area contributed by atoms with Crippen LogP contribution in [0.25, 0.3) is 0 Å². The molecule has 29 heavy (non-hydrogen) atoms. The molecule has 0 radical (unpaired) electrons. The topological polar surface area (TPSA) is 115 Å². The van der Waals surface area contributed by atoms with Gasteiger partial charge in [0.15, 0.2) is 34.7 Å². The minimum atomic E-state index is -1.13. The predicted molar refractivity (Wildman–Crippen MR) is 98.3 cm³/mol. The van der Waals surface area contributed by atoms with Gasteiger partial charge in [-0.25, -0.2) is 18.7 Å². The number of hydrogen-bond acceptors (Lipinski definition) is 8. The van der Waals surface area contributed by atoms with Gasteiger partial charge < -0.3 is 25.0 Å². The number of benzene rings is 1. The molecule has 0 saturated carbocycles. The number of phenols is 1. The third-order valence-electron chi connectivity index (χ3n) is 4.00. The summed E-state index contributed by atoms with van der Waals surface area (Å²) >= 11 is 0. The highest BCUT2D eigenvalue weighted by Crippen LogP contribution is 2.31. The molecule has 0 saturated heterocycles. The maximum absolute atomic E-state index is 14.2. The van der Waals surface area contributed by atoms with Gasteiger partial charge in [0.25, 0.3) is 0 Å². The number of halogens is 2. The Bertz CT molecular complexity index is 995. The molecule has 11 heteroatoms. The molecule has 0 amide bonds. The average Bonchev–Trinajstić information content (AvgIpc) is 3.05. The van der Waals surface area contributed by atoms with E-state index in [1.807, 2.05) is 6.92 Å². The molecule has 154 valence electrons. The summed E-state index contributed by atoms with van der Waals surface area (Å²) in [6.45, 7) is 1.69. The Morgan fingerprint density at radius 2 is 1.90 bits per heavy atom. The molecule has 0 spiro atoms. The number of aliphatic hydroxyl groups is 1. The maximum Gasteiger partial charge on any atom is 0.228 e. The fourth-order valence-corrected chi connectivity index (χ4v) is 2.54. The first-order chi connectivity index (χ1) is 13.9. The van der Waals surface area contributed by atoms with E-state index in [1.165, 1.54) is 19.5 Å². The summed E-state index contributed by atoms with van der Waals surface area (Å²) in [4.78, 5) is 8.12. The minimum Gasteiger partial charge on any atom is -0.505 e. The fraction of sp³-hybridized carbons (Fsp3) is 0.278. The molecule has 2 heterocycles. The highest BCUT2D eigenvalue weighted by molar-refractivity contribution is 5.48. The number of rotatable bonds is 8. The van der Waals surface area contributed by atoms with Crippen LogP contribution in [-0.2, 0) is 13.2 Å². The zero-order chi connectivity index (χ0) is 21.0. The smallest absolute Gasteiger partial charge is 0.228 e. The van der Waals surface area contributed by atoms with Gasteiger partial charge in [-0.15, -0.1) is 0 Å². The van der Waals surface area contributed by atoms with Crippen LogP contribution >= 0.6 is 0 Å². The number of hydrogen-bond donors (Lipinski definition) is 3. The van der Waals surface area contributed by atoms with Crippen molar-refractivity contribution in [3.8, 4) is 17.2 Å². The molecule has 3 rings (SSSR count). The summed E-state index contributed by atoms with van der Waals surface area (Å²) in [5.74, 6) is -2.23. The average molecular weight is 407 g/mol. The van der Waals surface area contributed by atoms with Gasteiger partial charge in [0.2, 0.25) is 5.95 Å². The van der Waals surface area contributed by atoms with Crippen LogP contribution in [0.3, 0.4) is 0 Å². The summed E-state index contributed by atoms with van der Waals surface area (Å²) in [6.07, 6.45) is 2.64. The van der Waals surface area contributed by atoms with Crippen molar-refractivity contribution in [1.82, 2.24) is 19.7 Å². The molecule has 0 aliphatic rings. The van der Waals surface area contributed by atoms with E-state index in [0.717, 1.165) is 11.8 Å². The van der Waals surface area contributed by atoms with Crippen LogP contribution in [0.2, 0.25) is 0 Å². The SMILES string of the molecule is COc1cc(O)c(F)c(COc2cnc(Nc3cc(C)n(CCO)n3)nc2)c1F. The van der Waals surface area contributed by atoms with Gasteiger partial charge in [-0.2, -0.15) is 5.10 Å². The van der Waals surface area contributed by atoms with E-state index in [0.29, 0.717) is 12.4 Å². The number of phenolic OH excluding ortho intramolecular Hbond substituents is 1. The zero-order valence-corrected chi connectivity index (χ0v) is 15.7. The van der Waals surface area contributed by atoms with Crippen molar-refractivity contribution in [1.29, 1.82) is 0 Å². The number of aromatic hydroxyl groups is 1. The van der Waals surface area contributed by atoms with Crippen LogP contribution in [0.4, 0.5) is 20.5 Å². The number of aryl methyl sites for hydroxylation is 1. The van der Waals surface area contributed by atoms with Gasteiger partial charge in [-0.1, -0.05) is 0 Å². The van der Waals surface area contributed by atoms with Crippen molar-refractivity contribution >= 4 is 11.8 Å². The highest BCUT2D eigenvalue weighted by atomic mass is 19.1. The Morgan fingerprint density at radius 3 is 2.55 bits per heavy atom. The lowest BCUT2D eigenvalue weighted by Crippen LogP contribution is -2.06. The number of anilines is 2. The van der Waals surface area contributed by atoms with Crippen LogP contribution in [-0.4, -0.2) is 43.7 Å². The van der Waals surface area contributed by atoms with Crippen molar-refractivity contribution in [3.63, 3.8) is 0 Å². The first-order valence-electron chi connectivity index (χ1n) is 8.54. The van der Waals surface area contributed by atoms with E-state index in [1.54, 1.807) is 10.7 Å². The van der Waals surface area contributed by atoms with E-state index >= 15 is 0 Å². The fourth-order valence-electron chi connectivity index (χ4n) is 2.54. The number of methoxy groups -OCH3 is 1. The summed E-state index contributed by atoms with van der Waals surface area (Å²) in [6, 6.07) is 2.62. The molecular formula is C18H19F2N5O4. The molecule has 0 fully saturated rings. The van der Waals surface area contributed by atoms with E-state index < -0.39 is 29.6 Å². The van der Waals surface area contributed by atoms with Gasteiger partial charge in [-0.3, -0.25) is 4.68 Å². The van der Waals surface area contributed by atoms with Gasteiger partial charge in [0.05, 0.1) is 38.2 Å². The second-order valence-electron chi connectivity index (χ2n) is 5.98. The van der Waals surface area contributed by atoms with Crippen molar-refractivity contribution in [2.75, 3.05) is 19.0 Å². The summed E-state index contributed by atoms with van der Waals surface area (Å²) in [5.41, 5.74) is 0.376. The van der Waals surface area contributed by atoms with E-state index in [2.05, 4.69) is 20.4 Å². The molecule has 9 nitrogen and oxygen atoms in total. The Labute approximate surface area is 164 Å². The van der Waals surface area contributed by atoms with E-state index in [-0.39, 0.29) is 24.1 Å². The molecule has 3 N–H and O–H groups in total. The second-order valence-corrected chi connectivity index (χ2v) is 5.98. The third-order valence-corrected chi connectivity index (χ3v) is 4.00. The van der Waals surface area contributed by atoms with Crippen LogP contribution < -0.4 is 14.8 Å². The quantitative estimate of drug-likeness (QED) is 0.521. The molecule has 1 aromatic carbocycles. The summed E-state index contributed by atoms with van der Waals surface area (Å²) in [7, 11) is 1.20. The van der Waals surface area contributed by atoms with Crippen molar-refractivity contribution in [2.45, 2.75) is 20.1 Å². The zero-order valence-electron chi connectivity index (χ0n) is 15.7. The Kier molecular flexibility index (Phi) is 6.07. The number of aliphatic hydroxyl groups excluding tert-OH is 1. The predicted octanol–water partition coefficient (Wildman–Crippen LogP) is 2.29. The second kappa shape index (κ2) is 8.69. The molecule has 3 aromatic rings. The van der Waals surface area contributed by atoms with Crippen LogP contribution in [0.15, 0.2) is 24.5 Å². The van der Waals surface area contributed by atoms with Crippen LogP contribution in [0.1, 0.15) is 11.3 Å². The lowest BCUT2D eigenvalue weighted by Gasteiger charge is -2.11. The first-order valence-corrected chi connectivity index (χ1v) is 8.54. The number of nitrogens with one attached hydrogen (secondary N) is 1. The molecule has 0 atom stereocenters. The number of ether oxygens (including phenoxy) is 2. The van der Waals surface area contributed by atoms with Crippen LogP contribution in [0, 0.1) is 18.6 Å². The maximum atomic E-state index is 14.2. The Balaban J connectivity index is 1.67. The van der Waals surface area contributed by atoms with Crippen molar-refractivity contribution in [3.05, 3.63) is 47.4 Å². The molecular weight excluding hydrogens is 388 g/mol. The Hall–Kier alpha value is -3.47.